The molecule has 0 aromatic carbocycles. The van der Waals surface area contributed by atoms with E-state index in [1.54, 1.807) is 26.0 Å². The fourth-order valence-electron chi connectivity index (χ4n) is 13.2. The fraction of sp³-hybridized carbons (Fsp3) is 0.868. The number of isothiocyanates is 1. The van der Waals surface area contributed by atoms with Gasteiger partial charge in [-0.3, -0.25) is 39.3 Å². The number of ether oxygens (including phenoxy) is 11. The number of carbonyl (C=O) groups excluding carboxylic acids is 3. The highest BCUT2D eigenvalue weighted by Gasteiger charge is 2.55. The van der Waals surface area contributed by atoms with Crippen molar-refractivity contribution in [2.24, 2.45) is 41.8 Å². The number of thiocarbonyl (C=S) groups is 1. The molecule has 0 spiro atoms. The van der Waals surface area contributed by atoms with E-state index in [-0.39, 0.29) is 81.5 Å². The van der Waals surface area contributed by atoms with Gasteiger partial charge in [-0.2, -0.15) is 0 Å². The van der Waals surface area contributed by atoms with Crippen molar-refractivity contribution in [2.45, 2.75) is 281 Å². The number of amidine groups is 5. The minimum absolute atomic E-state index is 0.0390. The summed E-state index contributed by atoms with van der Waals surface area (Å²) in [5.74, 6) is -1.09. The van der Waals surface area contributed by atoms with Crippen LogP contribution in [0.2, 0.25) is 0 Å². The Hall–Kier alpha value is -3.41. The second-order valence-corrected chi connectivity index (χ2v) is 34.3. The van der Waals surface area contributed by atoms with E-state index in [0.717, 1.165) is 32.3 Å². The fourth-order valence-corrected chi connectivity index (χ4v) is 19.0. The Morgan fingerprint density at radius 2 is 0.706 bits per heavy atom. The molecule has 6 saturated heterocycles. The third-order valence-corrected chi connectivity index (χ3v) is 25.9. The van der Waals surface area contributed by atoms with Crippen molar-refractivity contribution in [3.63, 3.8) is 0 Å². The van der Waals surface area contributed by atoms with E-state index in [1.807, 2.05) is 123 Å². The summed E-state index contributed by atoms with van der Waals surface area (Å²) < 4.78 is 60.9. The predicted molar refractivity (Wildman–Crippen MR) is 419 cm³/mol. The quantitative estimate of drug-likeness (QED) is 0.0538. The number of methoxy groups -OCH3 is 2. The minimum atomic E-state index is -1.11. The van der Waals surface area contributed by atoms with Crippen molar-refractivity contribution in [1.82, 2.24) is 24.5 Å². The second-order valence-electron chi connectivity index (χ2n) is 28.8. The standard InChI is InChI=1S/C13H22N2O3S.C13H19NO5S.2C11H20N2O4S.2C10H18N2O4S/c1-6-9-7(2)11(17-8(3)16)10-12(18-9)19-13(14-10)15(4)5;1-5-10-7(2)12(17-8(3)15)11(14-6-20)13(19-10)18-9(4)16;2*1-5(16-4)9-8(15)7(14)6-10(17-9)18-11(12-6)13(2)3;2*1-4(13)8-7(15)6(14)5-9(16-8)17-10(11-5)12(2)3/h7,9-12H,6H2,1-5H3;7,10-13H,5H2,1-4H3;2*5-10,14-15H,1-4H3;2*4-9,13-15H,1-3H3/t7-,9-,10-,11+,12-;7-,10-,11?,12+,13?;5-,6+,7+,8-,9+,10+;5-,6-,7-,8+,9-,10-;4-,5+,6+,7-,8+,9+;4-,5-,6-,7+,8-,9-/m110101/s1. The molecule has 11 aliphatic rings. The molecule has 34 atom stereocenters. The maximum Gasteiger partial charge on any atom is 0.305 e. The summed E-state index contributed by atoms with van der Waals surface area (Å²) in [6.45, 7) is 18.8. The van der Waals surface area contributed by atoms with Crippen LogP contribution in [0.1, 0.15) is 89.0 Å². The third-order valence-electron chi connectivity index (χ3n) is 19.3. The van der Waals surface area contributed by atoms with E-state index in [1.165, 1.54) is 81.7 Å². The van der Waals surface area contributed by atoms with Crippen LogP contribution in [-0.2, 0) is 66.5 Å². The van der Waals surface area contributed by atoms with E-state index in [2.05, 4.69) is 61.2 Å². The Labute approximate surface area is 665 Å². The molecule has 11 heterocycles. The van der Waals surface area contributed by atoms with Gasteiger partial charge in [0.1, 0.15) is 143 Å². The van der Waals surface area contributed by atoms with Gasteiger partial charge in [-0.15, -0.1) is 0 Å². The predicted octanol–water partition coefficient (Wildman–Crippen LogP) is 0.142. The Morgan fingerprint density at radius 1 is 0.440 bits per heavy atom. The van der Waals surface area contributed by atoms with Crippen LogP contribution in [0.5, 0.6) is 0 Å². The highest BCUT2D eigenvalue weighted by Crippen LogP contribution is 2.44. The van der Waals surface area contributed by atoms with Gasteiger partial charge < -0.3 is 128 Å². The van der Waals surface area contributed by atoms with E-state index >= 15 is 0 Å². The first-order chi connectivity index (χ1) is 51.1. The van der Waals surface area contributed by atoms with Crippen LogP contribution >= 0.6 is 71.0 Å². The lowest BCUT2D eigenvalue weighted by Crippen LogP contribution is -2.58. The molecule has 6 fully saturated rings. The number of hydrogen-bond donors (Lipinski definition) is 10. The number of aliphatic hydroxyl groups is 10. The molecule has 109 heavy (non-hydrogen) atoms. The first kappa shape index (κ1) is 94.4. The van der Waals surface area contributed by atoms with Crippen LogP contribution in [0.25, 0.3) is 0 Å². The molecule has 0 bridgehead atoms. The summed E-state index contributed by atoms with van der Waals surface area (Å²) >= 11 is 12.0. The van der Waals surface area contributed by atoms with Gasteiger partial charge >= 0.3 is 17.9 Å². The molecular formula is C68H117N11O24S6. The molecule has 41 heteroatoms. The lowest BCUT2D eigenvalue weighted by Gasteiger charge is -2.42. The number of rotatable bonds is 12. The third kappa shape index (κ3) is 23.7. The van der Waals surface area contributed by atoms with Crippen molar-refractivity contribution in [2.75, 3.05) is 84.7 Å². The van der Waals surface area contributed by atoms with Crippen LogP contribution in [0, 0.1) is 11.8 Å². The summed E-state index contributed by atoms with van der Waals surface area (Å²) in [7, 11) is 22.0. The van der Waals surface area contributed by atoms with Gasteiger partial charge in [0.2, 0.25) is 6.29 Å². The van der Waals surface area contributed by atoms with E-state index < -0.39 is 140 Å². The van der Waals surface area contributed by atoms with Crippen LogP contribution < -0.4 is 0 Å². The molecule has 11 rings (SSSR count). The number of hydrogen-bond acceptors (Lipinski definition) is 41. The molecule has 10 N–H and O–H groups in total. The lowest BCUT2D eigenvalue weighted by molar-refractivity contribution is -0.241. The van der Waals surface area contributed by atoms with Gasteiger partial charge in [0.05, 0.1) is 41.8 Å². The second kappa shape index (κ2) is 42.5. The van der Waals surface area contributed by atoms with Gasteiger partial charge in [0.15, 0.2) is 31.9 Å². The topological polar surface area (TPSA) is 445 Å². The van der Waals surface area contributed by atoms with Gasteiger partial charge in [-0.1, -0.05) is 86.5 Å². The SMILES string of the molecule is CC[C@H]1OC(OC(C)=O)C(N=C=S)[C@@H](OC(C)=O)[C@@H]1C.CC[C@H]1O[C@@H]2SC(N(C)C)=N[C@@H]2[C@@H](OC(C)=O)[C@@H]1C.CO[C@@H](C)[C@H]1O[C@@H]2SC(N(C)C)=N[C@@H]2[C@@H](O)[C@@H]1O.CO[C@H](C)[C@H]1O[C@@H]2SC(N(C)C)=N[C@@H]2[C@@H](O)[C@@H]1O.C[C@@H](O)[C@H]1O[C@@H]2SC(N(C)C)=N[C@@H]2[C@@H](O)[C@@H]1O.C[C@H](O)[C@H]1O[C@@H]2SC(N(C)C)=N[C@@H]2[C@@H](O)[C@@H]1O. The molecule has 0 amide bonds. The van der Waals surface area contributed by atoms with Crippen molar-refractivity contribution >= 4 is 120 Å². The zero-order chi connectivity index (χ0) is 81.8. The summed E-state index contributed by atoms with van der Waals surface area (Å²) in [6.07, 6.45) is -13.0. The molecule has 624 valence electrons. The largest absolute Gasteiger partial charge is 0.460 e. The van der Waals surface area contributed by atoms with Crippen molar-refractivity contribution in [1.29, 1.82) is 0 Å². The number of aliphatic imine (C=N–C) groups is 6. The Morgan fingerprint density at radius 3 is 0.982 bits per heavy atom. The number of fused-ring (bicyclic) bond motifs is 5. The Bertz CT molecular complexity index is 3040. The van der Waals surface area contributed by atoms with Crippen molar-refractivity contribution in [3.8, 4) is 0 Å². The smallest absolute Gasteiger partial charge is 0.305 e. The minimum Gasteiger partial charge on any atom is -0.460 e. The van der Waals surface area contributed by atoms with E-state index in [4.69, 9.17) is 52.1 Å². The van der Waals surface area contributed by atoms with E-state index in [9.17, 15) is 65.4 Å². The highest BCUT2D eigenvalue weighted by atomic mass is 32.2. The van der Waals surface area contributed by atoms with Crippen LogP contribution in [-0.4, -0.2) is 401 Å². The molecule has 0 aromatic rings. The average molecular weight is 1670 g/mol. The highest BCUT2D eigenvalue weighted by molar-refractivity contribution is 8.15. The summed E-state index contributed by atoms with van der Waals surface area (Å²) in [4.78, 5) is 69.2. The van der Waals surface area contributed by atoms with Crippen molar-refractivity contribution in [3.05, 3.63) is 0 Å². The molecule has 0 aromatic heterocycles. The number of aliphatic hydroxyl groups excluding tert-OH is 10. The Balaban J connectivity index is 0.000000205. The molecule has 0 radical (unpaired) electrons. The lowest BCUT2D eigenvalue weighted by atomic mass is 9.88. The first-order valence-electron chi connectivity index (χ1n) is 36.0. The maximum atomic E-state index is 11.3. The number of thioether (sulfide) groups is 5. The Kier molecular flexibility index (Phi) is 36.8. The van der Waals surface area contributed by atoms with Gasteiger partial charge in [0, 0.05) is 117 Å². The normalized spacial score (nSPS) is 39.6. The van der Waals surface area contributed by atoms with Gasteiger partial charge in [-0.05, 0) is 52.8 Å². The number of carbonyl (C=O) groups is 3. The summed E-state index contributed by atoms with van der Waals surface area (Å²) in [5.41, 5.74) is -1.24. The van der Waals surface area contributed by atoms with Crippen LogP contribution in [0.3, 0.4) is 0 Å². The molecule has 2 unspecified atom stereocenters. The zero-order valence-corrected chi connectivity index (χ0v) is 71.0. The van der Waals surface area contributed by atoms with Crippen molar-refractivity contribution < 1.29 is 118 Å². The zero-order valence-electron chi connectivity index (χ0n) is 66.1. The number of nitrogens with zero attached hydrogens (tertiary/aromatic N) is 11. The molecule has 0 saturated carbocycles. The average Bonchev–Trinajstić information content (AvgIpc) is 1.78. The molecule has 0 aliphatic carbocycles. The molecule has 11 aliphatic heterocycles. The van der Waals surface area contributed by atoms with Crippen LogP contribution in [0.4, 0.5) is 0 Å². The van der Waals surface area contributed by atoms with Gasteiger partial charge in [0.25, 0.3) is 0 Å². The first-order valence-corrected chi connectivity index (χ1v) is 40.8. The van der Waals surface area contributed by atoms with Crippen LogP contribution in [0.15, 0.2) is 30.0 Å². The summed E-state index contributed by atoms with van der Waals surface area (Å²) in [5, 5.41) is 105. The summed E-state index contributed by atoms with van der Waals surface area (Å²) in [6, 6.07) is -2.56. The molecular weight excluding hydrogens is 1550 g/mol. The molecule has 35 nitrogen and oxygen atoms in total. The van der Waals surface area contributed by atoms with E-state index in [0.29, 0.717) is 6.42 Å². The number of esters is 3. The van der Waals surface area contributed by atoms with Gasteiger partial charge in [-0.25, -0.2) is 4.99 Å². The maximum absolute atomic E-state index is 11.3. The monoisotopic (exact) mass is 1660 g/mol.